The fourth-order valence-electron chi connectivity index (χ4n) is 3.68. The van der Waals surface area contributed by atoms with Gasteiger partial charge < -0.3 is 19.4 Å². The average molecular weight is 415 g/mol. The van der Waals surface area contributed by atoms with E-state index in [1.54, 1.807) is 35.2 Å². The molecule has 1 aliphatic rings. The minimum atomic E-state index is -0.648. The van der Waals surface area contributed by atoms with Crippen LogP contribution in [0.4, 0.5) is 0 Å². The molecule has 31 heavy (non-hydrogen) atoms. The predicted molar refractivity (Wildman–Crippen MR) is 112 cm³/mol. The second kappa shape index (κ2) is 9.18. The summed E-state index contributed by atoms with van der Waals surface area (Å²) in [6.07, 6.45) is 1.88. The van der Waals surface area contributed by atoms with Crippen molar-refractivity contribution in [2.45, 2.75) is 25.6 Å². The number of amides is 2. The molecule has 1 atom stereocenters. The van der Waals surface area contributed by atoms with Crippen LogP contribution in [0.25, 0.3) is 0 Å². The van der Waals surface area contributed by atoms with Crippen molar-refractivity contribution in [3.05, 3.63) is 89.4 Å². The van der Waals surface area contributed by atoms with Gasteiger partial charge in [-0.15, -0.1) is 0 Å². The standard InChI is InChI=1S/C24H21N3O4/c25-10-12-30-20-8-3-5-17(13-20)15-26-23(28)21-14-18-6-1-2-7-19(18)16-27(21)24(29)22-9-4-11-31-22/h1-9,11,13,21H,12,14-16H2,(H,26,28). The zero-order valence-electron chi connectivity index (χ0n) is 16.8. The van der Waals surface area contributed by atoms with E-state index in [2.05, 4.69) is 5.32 Å². The largest absolute Gasteiger partial charge is 0.479 e. The molecule has 0 aliphatic carbocycles. The molecule has 0 saturated carbocycles. The molecule has 1 aliphatic heterocycles. The summed E-state index contributed by atoms with van der Waals surface area (Å²) in [6.45, 7) is 0.579. The number of benzene rings is 2. The molecule has 0 fully saturated rings. The topological polar surface area (TPSA) is 95.6 Å². The third kappa shape index (κ3) is 4.59. The summed E-state index contributed by atoms with van der Waals surface area (Å²) >= 11 is 0. The molecule has 2 heterocycles. The van der Waals surface area contributed by atoms with Gasteiger partial charge in [-0.25, -0.2) is 0 Å². The zero-order chi connectivity index (χ0) is 21.6. The maximum Gasteiger partial charge on any atom is 0.290 e. The van der Waals surface area contributed by atoms with Gasteiger partial charge in [-0.1, -0.05) is 36.4 Å². The first kappa shape index (κ1) is 20.2. The number of nitrogens with zero attached hydrogens (tertiary/aromatic N) is 2. The lowest BCUT2D eigenvalue weighted by atomic mass is 9.93. The van der Waals surface area contributed by atoms with E-state index in [-0.39, 0.29) is 30.7 Å². The van der Waals surface area contributed by atoms with Gasteiger partial charge in [0.1, 0.15) is 17.9 Å². The fraction of sp³-hybridized carbons (Fsp3) is 0.208. The average Bonchev–Trinajstić information content (AvgIpc) is 3.35. The molecule has 0 bridgehead atoms. The first-order valence-corrected chi connectivity index (χ1v) is 9.93. The van der Waals surface area contributed by atoms with Gasteiger partial charge >= 0.3 is 0 Å². The van der Waals surface area contributed by atoms with Crippen LogP contribution in [0, 0.1) is 11.3 Å². The number of hydrogen-bond donors (Lipinski definition) is 1. The van der Waals surface area contributed by atoms with Crippen LogP contribution in [0.15, 0.2) is 71.3 Å². The Kier molecular flexibility index (Phi) is 5.99. The number of carbonyl (C=O) groups is 2. The van der Waals surface area contributed by atoms with Gasteiger partial charge in [-0.3, -0.25) is 9.59 Å². The highest BCUT2D eigenvalue weighted by Gasteiger charge is 2.35. The van der Waals surface area contributed by atoms with Gasteiger partial charge in [0, 0.05) is 19.5 Å². The second-order valence-electron chi connectivity index (χ2n) is 7.21. The lowest BCUT2D eigenvalue weighted by molar-refractivity contribution is -0.126. The summed E-state index contributed by atoms with van der Waals surface area (Å²) in [5.41, 5.74) is 2.91. The minimum absolute atomic E-state index is 0.0405. The molecular formula is C24H21N3O4. The Labute approximate surface area is 179 Å². The van der Waals surface area contributed by atoms with Crippen LogP contribution in [-0.4, -0.2) is 29.4 Å². The van der Waals surface area contributed by atoms with Gasteiger partial charge in [0.2, 0.25) is 5.91 Å². The SMILES string of the molecule is N#CCOc1cccc(CNC(=O)C2Cc3ccccc3CN2C(=O)c2ccco2)c1. The molecule has 156 valence electrons. The first-order valence-electron chi connectivity index (χ1n) is 9.93. The molecule has 4 rings (SSSR count). The monoisotopic (exact) mass is 415 g/mol. The molecule has 1 aromatic heterocycles. The number of fused-ring (bicyclic) bond motifs is 1. The smallest absolute Gasteiger partial charge is 0.290 e. The molecule has 1 unspecified atom stereocenters. The highest BCUT2D eigenvalue weighted by atomic mass is 16.5. The molecule has 0 saturated heterocycles. The summed E-state index contributed by atoms with van der Waals surface area (Å²) in [5.74, 6) is 0.221. The number of carbonyl (C=O) groups excluding carboxylic acids is 2. The molecule has 3 aromatic rings. The molecule has 0 spiro atoms. The normalized spacial score (nSPS) is 14.9. The van der Waals surface area contributed by atoms with E-state index in [1.807, 2.05) is 36.4 Å². The van der Waals surface area contributed by atoms with Crippen LogP contribution in [0.3, 0.4) is 0 Å². The quantitative estimate of drug-likeness (QED) is 0.668. The number of rotatable bonds is 6. The number of ether oxygens (including phenoxy) is 1. The molecule has 0 radical (unpaired) electrons. The molecular weight excluding hydrogens is 394 g/mol. The third-order valence-corrected chi connectivity index (χ3v) is 5.21. The maximum absolute atomic E-state index is 13.1. The molecule has 2 amide bonds. The second-order valence-corrected chi connectivity index (χ2v) is 7.21. The van der Waals surface area contributed by atoms with Crippen molar-refractivity contribution in [3.8, 4) is 11.8 Å². The lowest BCUT2D eigenvalue weighted by Crippen LogP contribution is -2.52. The first-order chi connectivity index (χ1) is 15.2. The summed E-state index contributed by atoms with van der Waals surface area (Å²) < 4.78 is 10.6. The highest BCUT2D eigenvalue weighted by Crippen LogP contribution is 2.25. The van der Waals surface area contributed by atoms with Crippen LogP contribution >= 0.6 is 0 Å². The van der Waals surface area contributed by atoms with E-state index in [1.165, 1.54) is 6.26 Å². The molecule has 1 N–H and O–H groups in total. The third-order valence-electron chi connectivity index (χ3n) is 5.21. The van der Waals surface area contributed by atoms with Crippen molar-refractivity contribution in [2.75, 3.05) is 6.61 Å². The predicted octanol–water partition coefficient (Wildman–Crippen LogP) is 3.07. The number of furan rings is 1. The van der Waals surface area contributed by atoms with Crippen molar-refractivity contribution < 1.29 is 18.7 Å². The van der Waals surface area contributed by atoms with E-state index in [0.717, 1.165) is 16.7 Å². The Morgan fingerprint density at radius 1 is 1.13 bits per heavy atom. The Bertz CT molecular complexity index is 1120. The van der Waals surface area contributed by atoms with E-state index >= 15 is 0 Å². The van der Waals surface area contributed by atoms with Gasteiger partial charge in [-0.05, 0) is 41.0 Å². The lowest BCUT2D eigenvalue weighted by Gasteiger charge is -2.35. The Hall–Kier alpha value is -4.05. The Balaban J connectivity index is 1.50. The molecule has 7 heteroatoms. The highest BCUT2D eigenvalue weighted by molar-refractivity contribution is 5.96. The van der Waals surface area contributed by atoms with Crippen LogP contribution in [0.5, 0.6) is 5.75 Å². The van der Waals surface area contributed by atoms with Crippen molar-refractivity contribution in [3.63, 3.8) is 0 Å². The van der Waals surface area contributed by atoms with E-state index in [9.17, 15) is 9.59 Å². The number of nitriles is 1. The van der Waals surface area contributed by atoms with Gasteiger partial charge in [0.15, 0.2) is 12.4 Å². The number of nitrogens with one attached hydrogen (secondary N) is 1. The summed E-state index contributed by atoms with van der Waals surface area (Å²) in [7, 11) is 0. The zero-order valence-corrected chi connectivity index (χ0v) is 16.8. The Morgan fingerprint density at radius 3 is 2.74 bits per heavy atom. The van der Waals surface area contributed by atoms with E-state index in [0.29, 0.717) is 18.7 Å². The Morgan fingerprint density at radius 2 is 1.97 bits per heavy atom. The number of hydrogen-bond acceptors (Lipinski definition) is 5. The summed E-state index contributed by atoms with van der Waals surface area (Å²) in [6, 6.07) is 19.6. The summed E-state index contributed by atoms with van der Waals surface area (Å²) in [5, 5.41) is 11.6. The molecule has 7 nitrogen and oxygen atoms in total. The van der Waals surface area contributed by atoms with Crippen LogP contribution in [-0.2, 0) is 24.3 Å². The molecule has 2 aromatic carbocycles. The maximum atomic E-state index is 13.1. The van der Waals surface area contributed by atoms with Crippen molar-refractivity contribution in [1.82, 2.24) is 10.2 Å². The minimum Gasteiger partial charge on any atom is -0.479 e. The van der Waals surface area contributed by atoms with Crippen molar-refractivity contribution in [1.29, 1.82) is 5.26 Å². The van der Waals surface area contributed by atoms with Crippen LogP contribution in [0.2, 0.25) is 0 Å². The van der Waals surface area contributed by atoms with Gasteiger partial charge in [0.05, 0.1) is 6.26 Å². The van der Waals surface area contributed by atoms with Crippen molar-refractivity contribution >= 4 is 11.8 Å². The summed E-state index contributed by atoms with van der Waals surface area (Å²) in [4.78, 5) is 27.7. The fourth-order valence-corrected chi connectivity index (χ4v) is 3.68. The van der Waals surface area contributed by atoms with E-state index < -0.39 is 6.04 Å². The van der Waals surface area contributed by atoms with E-state index in [4.69, 9.17) is 14.4 Å². The van der Waals surface area contributed by atoms with Gasteiger partial charge in [-0.2, -0.15) is 5.26 Å². The van der Waals surface area contributed by atoms with Crippen LogP contribution < -0.4 is 10.1 Å². The van der Waals surface area contributed by atoms with Crippen molar-refractivity contribution in [2.24, 2.45) is 0 Å². The van der Waals surface area contributed by atoms with Gasteiger partial charge in [0.25, 0.3) is 5.91 Å². The van der Waals surface area contributed by atoms with Crippen LogP contribution in [0.1, 0.15) is 27.2 Å².